The number of halogens is 1. The lowest BCUT2D eigenvalue weighted by molar-refractivity contribution is 0.599. The van der Waals surface area contributed by atoms with Gasteiger partial charge < -0.3 is 5.73 Å². The van der Waals surface area contributed by atoms with Gasteiger partial charge in [0.15, 0.2) is 0 Å². The maximum absolute atomic E-state index is 13.2. The van der Waals surface area contributed by atoms with Crippen LogP contribution >= 0.6 is 0 Å². The van der Waals surface area contributed by atoms with Gasteiger partial charge >= 0.3 is 0 Å². The van der Waals surface area contributed by atoms with E-state index in [9.17, 15) is 12.8 Å². The Morgan fingerprint density at radius 1 is 1.24 bits per heavy atom. The van der Waals surface area contributed by atoms with Gasteiger partial charge in [0.1, 0.15) is 11.9 Å². The Hall–Kier alpha value is -2.59. The summed E-state index contributed by atoms with van der Waals surface area (Å²) >= 11 is 0. The molecule has 0 bridgehead atoms. The summed E-state index contributed by atoms with van der Waals surface area (Å²) < 4.78 is 40.1. The van der Waals surface area contributed by atoms with Gasteiger partial charge in [0.05, 0.1) is 16.1 Å². The molecule has 0 aliphatic heterocycles. The Labute approximate surface area is 121 Å². The number of benzene rings is 2. The number of sulfonamides is 1. The fraction of sp³-hybridized carbons (Fsp3) is 0.0714. The molecule has 2 rings (SSSR count). The van der Waals surface area contributed by atoms with Gasteiger partial charge in [0.25, 0.3) is 10.0 Å². The second kappa shape index (κ2) is 5.42. The van der Waals surface area contributed by atoms with Gasteiger partial charge in [-0.1, -0.05) is 6.07 Å². The minimum atomic E-state index is -3.93. The summed E-state index contributed by atoms with van der Waals surface area (Å²) in [7, 11) is -3.93. The third kappa shape index (κ3) is 3.12. The number of nitrogen functional groups attached to an aromatic ring is 1. The molecule has 0 aromatic heterocycles. The normalized spacial score (nSPS) is 10.9. The second-order valence-corrected chi connectivity index (χ2v) is 6.12. The molecule has 3 N–H and O–H groups in total. The molecule has 7 heteroatoms. The molecule has 0 heterocycles. The molecule has 2 aromatic rings. The zero-order valence-corrected chi connectivity index (χ0v) is 11.9. The van der Waals surface area contributed by atoms with Crippen LogP contribution in [0.1, 0.15) is 11.1 Å². The molecule has 0 saturated heterocycles. The van der Waals surface area contributed by atoms with E-state index >= 15 is 0 Å². The number of nitriles is 1. The molecule has 5 nitrogen and oxygen atoms in total. The topological polar surface area (TPSA) is 96.0 Å². The van der Waals surface area contributed by atoms with Crippen LogP contribution in [0.15, 0.2) is 41.3 Å². The fourth-order valence-electron chi connectivity index (χ4n) is 1.71. The first kappa shape index (κ1) is 14.8. The van der Waals surface area contributed by atoms with Crippen LogP contribution in [0.4, 0.5) is 15.8 Å². The van der Waals surface area contributed by atoms with Crippen LogP contribution in [0, 0.1) is 24.1 Å². The largest absolute Gasteiger partial charge is 0.399 e. The van der Waals surface area contributed by atoms with Crippen LogP contribution in [-0.4, -0.2) is 8.42 Å². The second-order valence-electron chi connectivity index (χ2n) is 4.43. The van der Waals surface area contributed by atoms with E-state index in [4.69, 9.17) is 11.0 Å². The Morgan fingerprint density at radius 2 is 1.95 bits per heavy atom. The Bertz CT molecular complexity index is 842. The van der Waals surface area contributed by atoms with E-state index in [0.717, 1.165) is 18.2 Å². The van der Waals surface area contributed by atoms with Gasteiger partial charge in [-0.25, -0.2) is 12.8 Å². The Balaban J connectivity index is 2.44. The van der Waals surface area contributed by atoms with Gasteiger partial charge in [0, 0.05) is 5.69 Å². The van der Waals surface area contributed by atoms with E-state index in [0.29, 0.717) is 16.9 Å². The number of nitrogens with two attached hydrogens (primary N) is 1. The maximum Gasteiger partial charge on any atom is 0.261 e. The zero-order chi connectivity index (χ0) is 15.6. The predicted octanol–water partition coefficient (Wildman–Crippen LogP) is 2.39. The van der Waals surface area contributed by atoms with E-state index in [1.165, 1.54) is 6.07 Å². The average molecular weight is 305 g/mol. The van der Waals surface area contributed by atoms with Gasteiger partial charge in [-0.15, -0.1) is 0 Å². The fourth-order valence-corrected chi connectivity index (χ4v) is 2.86. The summed E-state index contributed by atoms with van der Waals surface area (Å²) in [6, 6.07) is 9.45. The van der Waals surface area contributed by atoms with Crippen molar-refractivity contribution in [1.29, 1.82) is 5.26 Å². The molecule has 108 valence electrons. The summed E-state index contributed by atoms with van der Waals surface area (Å²) in [5.41, 5.74) is 6.73. The van der Waals surface area contributed by atoms with Crippen molar-refractivity contribution in [3.63, 3.8) is 0 Å². The lowest BCUT2D eigenvalue weighted by Crippen LogP contribution is -2.14. The van der Waals surface area contributed by atoms with Crippen LogP contribution in [0.25, 0.3) is 0 Å². The van der Waals surface area contributed by atoms with Crippen LogP contribution in [-0.2, 0) is 10.0 Å². The Morgan fingerprint density at radius 3 is 2.62 bits per heavy atom. The first-order valence-corrected chi connectivity index (χ1v) is 7.40. The third-order valence-electron chi connectivity index (χ3n) is 2.87. The summed E-state index contributed by atoms with van der Waals surface area (Å²) in [5.74, 6) is -0.767. The van der Waals surface area contributed by atoms with Gasteiger partial charge in [-0.2, -0.15) is 5.26 Å². The minimum absolute atomic E-state index is 0.192. The van der Waals surface area contributed by atoms with Crippen LogP contribution in [0.2, 0.25) is 0 Å². The number of nitrogens with one attached hydrogen (secondary N) is 1. The SMILES string of the molecule is Cc1ccc(N)cc1NS(=O)(=O)c1ccc(F)c(C#N)c1. The van der Waals surface area contributed by atoms with Crippen LogP contribution < -0.4 is 10.5 Å². The number of anilines is 2. The van der Waals surface area contributed by atoms with Crippen molar-refractivity contribution in [2.75, 3.05) is 10.5 Å². The van der Waals surface area contributed by atoms with E-state index in [1.54, 1.807) is 25.1 Å². The summed E-state index contributed by atoms with van der Waals surface area (Å²) in [4.78, 5) is -0.192. The molecule has 0 fully saturated rings. The highest BCUT2D eigenvalue weighted by Gasteiger charge is 2.17. The van der Waals surface area contributed by atoms with Crippen LogP contribution in [0.5, 0.6) is 0 Å². The molecule has 0 radical (unpaired) electrons. The minimum Gasteiger partial charge on any atom is -0.399 e. The molecule has 2 aromatic carbocycles. The maximum atomic E-state index is 13.2. The number of rotatable bonds is 3. The quantitative estimate of drug-likeness (QED) is 0.851. The third-order valence-corrected chi connectivity index (χ3v) is 4.24. The number of hydrogen-bond acceptors (Lipinski definition) is 4. The highest BCUT2D eigenvalue weighted by molar-refractivity contribution is 7.92. The summed E-state index contributed by atoms with van der Waals surface area (Å²) in [6.07, 6.45) is 0. The smallest absolute Gasteiger partial charge is 0.261 e. The molecule has 0 saturated carbocycles. The molecule has 0 atom stereocenters. The molecule has 21 heavy (non-hydrogen) atoms. The lowest BCUT2D eigenvalue weighted by Gasteiger charge is -2.11. The van der Waals surface area contributed by atoms with Crippen molar-refractivity contribution < 1.29 is 12.8 Å². The van der Waals surface area contributed by atoms with Gasteiger partial charge in [-0.3, -0.25) is 4.72 Å². The molecular formula is C14H12FN3O2S. The molecule has 0 spiro atoms. The number of hydrogen-bond donors (Lipinski definition) is 2. The molecular weight excluding hydrogens is 293 g/mol. The highest BCUT2D eigenvalue weighted by atomic mass is 32.2. The predicted molar refractivity (Wildman–Crippen MR) is 77.5 cm³/mol. The van der Waals surface area contributed by atoms with Crippen molar-refractivity contribution in [2.45, 2.75) is 11.8 Å². The first-order chi connectivity index (χ1) is 9.83. The highest BCUT2D eigenvalue weighted by Crippen LogP contribution is 2.23. The van der Waals surface area contributed by atoms with Crippen molar-refractivity contribution in [2.24, 2.45) is 0 Å². The summed E-state index contributed by atoms with van der Waals surface area (Å²) in [6.45, 7) is 1.72. The number of nitrogens with zero attached hydrogens (tertiary/aromatic N) is 1. The van der Waals surface area contributed by atoms with E-state index in [1.807, 2.05) is 0 Å². The van der Waals surface area contributed by atoms with Crippen molar-refractivity contribution in [1.82, 2.24) is 0 Å². The van der Waals surface area contributed by atoms with E-state index in [-0.39, 0.29) is 10.5 Å². The van der Waals surface area contributed by atoms with Crippen molar-refractivity contribution in [3.8, 4) is 6.07 Å². The van der Waals surface area contributed by atoms with Gasteiger partial charge in [0.2, 0.25) is 0 Å². The zero-order valence-electron chi connectivity index (χ0n) is 11.1. The van der Waals surface area contributed by atoms with E-state index < -0.39 is 15.8 Å². The van der Waals surface area contributed by atoms with E-state index in [2.05, 4.69) is 4.72 Å². The lowest BCUT2D eigenvalue weighted by atomic mass is 10.2. The number of aryl methyl sites for hydroxylation is 1. The van der Waals surface area contributed by atoms with Crippen LogP contribution in [0.3, 0.4) is 0 Å². The van der Waals surface area contributed by atoms with Crippen molar-refractivity contribution in [3.05, 3.63) is 53.3 Å². The Kier molecular flexibility index (Phi) is 3.82. The molecule has 0 aliphatic rings. The average Bonchev–Trinajstić information content (AvgIpc) is 2.43. The first-order valence-electron chi connectivity index (χ1n) is 5.92. The molecule has 0 amide bonds. The molecule has 0 aliphatic carbocycles. The summed E-state index contributed by atoms with van der Waals surface area (Å²) in [5, 5.41) is 8.76. The molecule has 0 unspecified atom stereocenters. The van der Waals surface area contributed by atoms with Gasteiger partial charge in [-0.05, 0) is 42.8 Å². The van der Waals surface area contributed by atoms with Crippen molar-refractivity contribution >= 4 is 21.4 Å². The standard InChI is InChI=1S/C14H12FN3O2S/c1-9-2-3-11(17)7-14(9)18-21(19,20)12-4-5-13(15)10(6-12)8-16/h2-7,18H,17H2,1H3. The monoisotopic (exact) mass is 305 g/mol.